The van der Waals surface area contributed by atoms with E-state index in [0.29, 0.717) is 6.04 Å². The third-order valence-electron chi connectivity index (χ3n) is 2.44. The maximum atomic E-state index is 5.77. The average Bonchev–Trinajstić information content (AvgIpc) is 2.87. The molecule has 1 fully saturated rings. The molecule has 2 nitrogen and oxygen atoms in total. The molecule has 1 atom stereocenters. The predicted octanol–water partition coefficient (Wildman–Crippen LogP) is 1.93. The van der Waals surface area contributed by atoms with Gasteiger partial charge in [-0.05, 0) is 38.0 Å². The molecular formula is C10H21NO. The van der Waals surface area contributed by atoms with Gasteiger partial charge in [0.15, 0.2) is 0 Å². The summed E-state index contributed by atoms with van der Waals surface area (Å²) in [6.07, 6.45) is 6.09. The molecule has 1 aliphatic rings. The second-order valence-electron chi connectivity index (χ2n) is 3.83. The highest BCUT2D eigenvalue weighted by molar-refractivity contribution is 4.71. The van der Waals surface area contributed by atoms with Gasteiger partial charge in [-0.2, -0.15) is 0 Å². The molecule has 12 heavy (non-hydrogen) atoms. The van der Waals surface area contributed by atoms with Crippen molar-refractivity contribution >= 4 is 0 Å². The van der Waals surface area contributed by atoms with Crippen LogP contribution in [0.3, 0.4) is 0 Å². The Labute approximate surface area is 75.5 Å². The molecule has 0 spiro atoms. The van der Waals surface area contributed by atoms with E-state index in [4.69, 9.17) is 10.5 Å². The van der Waals surface area contributed by atoms with E-state index in [9.17, 15) is 0 Å². The second-order valence-corrected chi connectivity index (χ2v) is 3.83. The van der Waals surface area contributed by atoms with Crippen molar-refractivity contribution in [3.05, 3.63) is 0 Å². The van der Waals surface area contributed by atoms with E-state index in [1.54, 1.807) is 0 Å². The smallest absolute Gasteiger partial charge is 0.0494 e. The maximum Gasteiger partial charge on any atom is 0.0494 e. The molecule has 0 bridgehead atoms. The minimum Gasteiger partial charge on any atom is -0.381 e. The summed E-state index contributed by atoms with van der Waals surface area (Å²) in [5.41, 5.74) is 5.77. The molecule has 0 amide bonds. The molecule has 0 saturated heterocycles. The van der Waals surface area contributed by atoms with Crippen molar-refractivity contribution in [1.82, 2.24) is 0 Å². The topological polar surface area (TPSA) is 35.2 Å². The third-order valence-corrected chi connectivity index (χ3v) is 2.44. The van der Waals surface area contributed by atoms with Crippen molar-refractivity contribution in [2.75, 3.05) is 13.2 Å². The van der Waals surface area contributed by atoms with Crippen LogP contribution in [0.25, 0.3) is 0 Å². The molecule has 0 aromatic rings. The zero-order valence-corrected chi connectivity index (χ0v) is 8.09. The minimum atomic E-state index is 0.384. The number of hydrogen-bond acceptors (Lipinski definition) is 2. The molecule has 0 radical (unpaired) electrons. The Morgan fingerprint density at radius 2 is 2.25 bits per heavy atom. The van der Waals surface area contributed by atoms with E-state index in [1.807, 2.05) is 0 Å². The molecule has 2 heteroatoms. The molecule has 0 aliphatic heterocycles. The van der Waals surface area contributed by atoms with Crippen LogP contribution in [-0.4, -0.2) is 19.3 Å². The quantitative estimate of drug-likeness (QED) is 0.594. The van der Waals surface area contributed by atoms with Gasteiger partial charge >= 0.3 is 0 Å². The minimum absolute atomic E-state index is 0.384. The first-order chi connectivity index (χ1) is 5.83. The fourth-order valence-corrected chi connectivity index (χ4v) is 1.19. The Kier molecular flexibility index (Phi) is 4.62. The van der Waals surface area contributed by atoms with E-state index in [-0.39, 0.29) is 0 Å². The normalized spacial score (nSPS) is 19.5. The standard InChI is InChI=1S/C10H21NO/c1-2-10(11)4-3-7-12-8-9-5-6-9/h9-10H,2-8,11H2,1H3. The summed E-state index contributed by atoms with van der Waals surface area (Å²) in [7, 11) is 0. The Morgan fingerprint density at radius 1 is 1.50 bits per heavy atom. The van der Waals surface area contributed by atoms with Crippen LogP contribution >= 0.6 is 0 Å². The lowest BCUT2D eigenvalue weighted by atomic mass is 10.1. The Morgan fingerprint density at radius 3 is 2.83 bits per heavy atom. The van der Waals surface area contributed by atoms with E-state index in [0.717, 1.165) is 38.4 Å². The lowest BCUT2D eigenvalue weighted by Crippen LogP contribution is -2.18. The van der Waals surface area contributed by atoms with Crippen molar-refractivity contribution in [3.8, 4) is 0 Å². The highest BCUT2D eigenvalue weighted by Crippen LogP contribution is 2.28. The van der Waals surface area contributed by atoms with Crippen LogP contribution < -0.4 is 5.73 Å². The van der Waals surface area contributed by atoms with E-state index in [1.165, 1.54) is 12.8 Å². The van der Waals surface area contributed by atoms with Gasteiger partial charge in [-0.25, -0.2) is 0 Å². The summed E-state index contributed by atoms with van der Waals surface area (Å²) in [4.78, 5) is 0. The zero-order chi connectivity index (χ0) is 8.81. The van der Waals surface area contributed by atoms with Gasteiger partial charge < -0.3 is 10.5 Å². The van der Waals surface area contributed by atoms with Crippen molar-refractivity contribution in [1.29, 1.82) is 0 Å². The predicted molar refractivity (Wildman–Crippen MR) is 51.0 cm³/mol. The molecule has 0 heterocycles. The molecule has 2 N–H and O–H groups in total. The summed E-state index contributed by atoms with van der Waals surface area (Å²) in [6, 6.07) is 0.384. The van der Waals surface area contributed by atoms with Crippen LogP contribution in [-0.2, 0) is 4.74 Å². The second kappa shape index (κ2) is 5.55. The first-order valence-electron chi connectivity index (χ1n) is 5.16. The van der Waals surface area contributed by atoms with Gasteiger partial charge in [0.2, 0.25) is 0 Å². The van der Waals surface area contributed by atoms with Gasteiger partial charge in [0.25, 0.3) is 0 Å². The van der Waals surface area contributed by atoms with E-state index >= 15 is 0 Å². The first kappa shape index (κ1) is 10.0. The number of hydrogen-bond donors (Lipinski definition) is 1. The highest BCUT2D eigenvalue weighted by Gasteiger charge is 2.20. The molecule has 72 valence electrons. The van der Waals surface area contributed by atoms with E-state index in [2.05, 4.69) is 6.92 Å². The van der Waals surface area contributed by atoms with Crippen LogP contribution in [0.15, 0.2) is 0 Å². The molecule has 0 aromatic heterocycles. The van der Waals surface area contributed by atoms with Gasteiger partial charge in [-0.15, -0.1) is 0 Å². The summed E-state index contributed by atoms with van der Waals surface area (Å²) >= 11 is 0. The Balaban J connectivity index is 1.75. The van der Waals surface area contributed by atoms with Gasteiger partial charge in [-0.1, -0.05) is 6.92 Å². The van der Waals surface area contributed by atoms with Crippen molar-refractivity contribution in [3.63, 3.8) is 0 Å². The monoisotopic (exact) mass is 171 g/mol. The fourth-order valence-electron chi connectivity index (χ4n) is 1.19. The van der Waals surface area contributed by atoms with Crippen molar-refractivity contribution < 1.29 is 4.74 Å². The molecule has 1 aliphatic carbocycles. The largest absolute Gasteiger partial charge is 0.381 e. The lowest BCUT2D eigenvalue weighted by molar-refractivity contribution is 0.119. The Bertz CT molecular complexity index is 112. The average molecular weight is 171 g/mol. The molecule has 1 saturated carbocycles. The van der Waals surface area contributed by atoms with Crippen LogP contribution in [0.1, 0.15) is 39.0 Å². The summed E-state index contributed by atoms with van der Waals surface area (Å²) in [5.74, 6) is 0.893. The summed E-state index contributed by atoms with van der Waals surface area (Å²) in [6.45, 7) is 4.03. The molecule has 0 aromatic carbocycles. The van der Waals surface area contributed by atoms with Crippen LogP contribution in [0, 0.1) is 5.92 Å². The summed E-state index contributed by atoms with van der Waals surface area (Å²) in [5, 5.41) is 0. The SMILES string of the molecule is CCC(N)CCCOCC1CC1. The maximum absolute atomic E-state index is 5.77. The van der Waals surface area contributed by atoms with Gasteiger partial charge in [0.05, 0.1) is 0 Å². The Hall–Kier alpha value is -0.0800. The molecular weight excluding hydrogens is 150 g/mol. The van der Waals surface area contributed by atoms with Crippen molar-refractivity contribution in [2.24, 2.45) is 11.7 Å². The molecule has 1 rings (SSSR count). The number of ether oxygens (including phenoxy) is 1. The fraction of sp³-hybridized carbons (Fsp3) is 1.00. The number of rotatable bonds is 7. The summed E-state index contributed by atoms with van der Waals surface area (Å²) < 4.78 is 5.50. The van der Waals surface area contributed by atoms with Crippen LogP contribution in [0.2, 0.25) is 0 Å². The third kappa shape index (κ3) is 4.73. The molecule has 1 unspecified atom stereocenters. The van der Waals surface area contributed by atoms with Crippen LogP contribution in [0.5, 0.6) is 0 Å². The lowest BCUT2D eigenvalue weighted by Gasteiger charge is -2.07. The van der Waals surface area contributed by atoms with Gasteiger partial charge in [-0.3, -0.25) is 0 Å². The highest BCUT2D eigenvalue weighted by atomic mass is 16.5. The number of nitrogens with two attached hydrogens (primary N) is 1. The van der Waals surface area contributed by atoms with Gasteiger partial charge in [0, 0.05) is 19.3 Å². The van der Waals surface area contributed by atoms with Gasteiger partial charge in [0.1, 0.15) is 0 Å². The first-order valence-corrected chi connectivity index (χ1v) is 5.16. The zero-order valence-electron chi connectivity index (χ0n) is 8.09. The van der Waals surface area contributed by atoms with E-state index < -0.39 is 0 Å². The van der Waals surface area contributed by atoms with Crippen molar-refractivity contribution in [2.45, 2.75) is 45.1 Å². The van der Waals surface area contributed by atoms with Crippen LogP contribution in [0.4, 0.5) is 0 Å².